The van der Waals surface area contributed by atoms with Gasteiger partial charge in [-0.05, 0) is 27.2 Å². The molecule has 1 fully saturated rings. The summed E-state index contributed by atoms with van der Waals surface area (Å²) in [6.45, 7) is 7.86. The summed E-state index contributed by atoms with van der Waals surface area (Å²) in [7, 11) is 0. The third-order valence-electron chi connectivity index (χ3n) is 2.26. The maximum absolute atomic E-state index is 11.8. The van der Waals surface area contributed by atoms with E-state index in [9.17, 15) is 4.79 Å². The van der Waals surface area contributed by atoms with Gasteiger partial charge in [0.1, 0.15) is 5.60 Å². The van der Waals surface area contributed by atoms with Gasteiger partial charge in [-0.15, -0.1) is 0 Å². The van der Waals surface area contributed by atoms with E-state index in [0.717, 1.165) is 6.42 Å². The van der Waals surface area contributed by atoms with Gasteiger partial charge < -0.3 is 20.1 Å². The quantitative estimate of drug-likeness (QED) is 0.729. The van der Waals surface area contributed by atoms with Crippen molar-refractivity contribution < 1.29 is 14.3 Å². The maximum Gasteiger partial charge on any atom is 0.410 e. The van der Waals surface area contributed by atoms with Crippen LogP contribution in [-0.4, -0.2) is 48.9 Å². The van der Waals surface area contributed by atoms with Gasteiger partial charge in [-0.3, -0.25) is 0 Å². The van der Waals surface area contributed by atoms with Gasteiger partial charge in [0, 0.05) is 19.7 Å². The molecule has 0 spiro atoms. The SMILES string of the molecule is CC(C)(C)OC(=O)N1CCCO[C@H](CN)C1. The third kappa shape index (κ3) is 4.37. The molecule has 1 aliphatic rings. The van der Waals surface area contributed by atoms with Crippen LogP contribution >= 0.6 is 0 Å². The number of hydrogen-bond donors (Lipinski definition) is 1. The first-order valence-electron chi connectivity index (χ1n) is 5.72. The lowest BCUT2D eigenvalue weighted by Crippen LogP contribution is -2.42. The molecule has 1 saturated heterocycles. The number of ether oxygens (including phenoxy) is 2. The molecule has 0 unspecified atom stereocenters. The van der Waals surface area contributed by atoms with Crippen LogP contribution in [0.15, 0.2) is 0 Å². The standard InChI is InChI=1S/C11H22N2O3/c1-11(2,3)16-10(14)13-5-4-6-15-9(7-12)8-13/h9H,4-8,12H2,1-3H3/t9-/m1/s1. The Bertz CT molecular complexity index is 238. The molecule has 0 saturated carbocycles. The number of carbonyl (C=O) groups is 1. The second-order valence-electron chi connectivity index (χ2n) is 5.01. The average Bonchev–Trinajstić information content (AvgIpc) is 2.39. The summed E-state index contributed by atoms with van der Waals surface area (Å²) in [4.78, 5) is 13.5. The Balaban J connectivity index is 2.53. The first-order chi connectivity index (χ1) is 7.42. The van der Waals surface area contributed by atoms with Gasteiger partial charge in [0.2, 0.25) is 0 Å². The van der Waals surface area contributed by atoms with Crippen molar-refractivity contribution >= 4 is 6.09 Å². The van der Waals surface area contributed by atoms with E-state index in [4.69, 9.17) is 15.2 Å². The highest BCUT2D eigenvalue weighted by Crippen LogP contribution is 2.12. The van der Waals surface area contributed by atoms with Crippen LogP contribution in [-0.2, 0) is 9.47 Å². The number of carbonyl (C=O) groups excluding carboxylic acids is 1. The largest absolute Gasteiger partial charge is 0.444 e. The average molecular weight is 230 g/mol. The predicted octanol–water partition coefficient (Wildman–Crippen LogP) is 0.971. The van der Waals surface area contributed by atoms with E-state index in [1.54, 1.807) is 4.90 Å². The maximum atomic E-state index is 11.8. The van der Waals surface area contributed by atoms with Crippen LogP contribution in [0.5, 0.6) is 0 Å². The molecular weight excluding hydrogens is 208 g/mol. The van der Waals surface area contributed by atoms with Crippen molar-refractivity contribution in [2.75, 3.05) is 26.2 Å². The molecule has 1 rings (SSSR count). The Kier molecular flexibility index (Phi) is 4.56. The molecule has 1 atom stereocenters. The minimum atomic E-state index is -0.456. The van der Waals surface area contributed by atoms with Crippen molar-refractivity contribution in [3.8, 4) is 0 Å². The van der Waals surface area contributed by atoms with Gasteiger partial charge in [-0.1, -0.05) is 0 Å². The first-order valence-corrected chi connectivity index (χ1v) is 5.72. The molecule has 0 aliphatic carbocycles. The van der Waals surface area contributed by atoms with Crippen molar-refractivity contribution in [3.05, 3.63) is 0 Å². The van der Waals surface area contributed by atoms with Crippen molar-refractivity contribution in [3.63, 3.8) is 0 Å². The van der Waals surface area contributed by atoms with Crippen LogP contribution < -0.4 is 5.73 Å². The number of amides is 1. The Labute approximate surface area is 96.9 Å². The van der Waals surface area contributed by atoms with Crippen LogP contribution in [0.4, 0.5) is 4.79 Å². The van der Waals surface area contributed by atoms with Gasteiger partial charge in [0.25, 0.3) is 0 Å². The van der Waals surface area contributed by atoms with E-state index in [2.05, 4.69) is 0 Å². The predicted molar refractivity (Wildman–Crippen MR) is 61.2 cm³/mol. The molecule has 0 aromatic carbocycles. The smallest absolute Gasteiger partial charge is 0.410 e. The number of hydrogen-bond acceptors (Lipinski definition) is 4. The molecule has 2 N–H and O–H groups in total. The van der Waals surface area contributed by atoms with E-state index >= 15 is 0 Å². The molecule has 0 aromatic rings. The van der Waals surface area contributed by atoms with E-state index < -0.39 is 5.60 Å². The van der Waals surface area contributed by atoms with Crippen molar-refractivity contribution in [2.45, 2.75) is 38.9 Å². The summed E-state index contributed by atoms with van der Waals surface area (Å²) in [6, 6.07) is 0. The summed E-state index contributed by atoms with van der Waals surface area (Å²) in [5.41, 5.74) is 5.10. The number of nitrogens with two attached hydrogens (primary N) is 1. The van der Waals surface area contributed by atoms with Crippen molar-refractivity contribution in [1.29, 1.82) is 0 Å². The summed E-state index contributed by atoms with van der Waals surface area (Å²) in [5.74, 6) is 0. The normalized spacial score (nSPS) is 22.8. The van der Waals surface area contributed by atoms with Crippen molar-refractivity contribution in [1.82, 2.24) is 4.90 Å². The highest BCUT2D eigenvalue weighted by Gasteiger charge is 2.25. The third-order valence-corrected chi connectivity index (χ3v) is 2.26. The number of nitrogens with zero attached hydrogens (tertiary/aromatic N) is 1. The minimum Gasteiger partial charge on any atom is -0.444 e. The van der Waals surface area contributed by atoms with Crippen LogP contribution in [0.3, 0.4) is 0 Å². The zero-order valence-electron chi connectivity index (χ0n) is 10.4. The van der Waals surface area contributed by atoms with Gasteiger partial charge in [-0.25, -0.2) is 4.79 Å². The summed E-state index contributed by atoms with van der Waals surface area (Å²) in [5, 5.41) is 0. The molecule has 0 radical (unpaired) electrons. The summed E-state index contributed by atoms with van der Waals surface area (Å²) >= 11 is 0. The zero-order valence-corrected chi connectivity index (χ0v) is 10.4. The molecule has 5 nitrogen and oxygen atoms in total. The Morgan fingerprint density at radius 1 is 1.56 bits per heavy atom. The Hall–Kier alpha value is -0.810. The van der Waals surface area contributed by atoms with Crippen LogP contribution in [0.2, 0.25) is 0 Å². The number of rotatable bonds is 1. The summed E-state index contributed by atoms with van der Waals surface area (Å²) in [6.07, 6.45) is 0.474. The molecule has 94 valence electrons. The fourth-order valence-corrected chi connectivity index (χ4v) is 1.53. The van der Waals surface area contributed by atoms with Gasteiger partial charge in [0.15, 0.2) is 0 Å². The molecule has 1 heterocycles. The minimum absolute atomic E-state index is 0.0741. The molecule has 0 bridgehead atoms. The molecule has 0 aromatic heterocycles. The lowest BCUT2D eigenvalue weighted by Gasteiger charge is -2.27. The van der Waals surface area contributed by atoms with E-state index in [1.807, 2.05) is 20.8 Å². The zero-order chi connectivity index (χ0) is 12.2. The van der Waals surface area contributed by atoms with Gasteiger partial charge in [-0.2, -0.15) is 0 Å². The van der Waals surface area contributed by atoms with E-state index in [0.29, 0.717) is 26.2 Å². The first kappa shape index (κ1) is 13.3. The second-order valence-corrected chi connectivity index (χ2v) is 5.01. The lowest BCUT2D eigenvalue weighted by molar-refractivity contribution is 0.0159. The fourth-order valence-electron chi connectivity index (χ4n) is 1.53. The highest BCUT2D eigenvalue weighted by atomic mass is 16.6. The van der Waals surface area contributed by atoms with Crippen molar-refractivity contribution in [2.24, 2.45) is 5.73 Å². The van der Waals surface area contributed by atoms with Crippen LogP contribution in [0.1, 0.15) is 27.2 Å². The lowest BCUT2D eigenvalue weighted by atomic mass is 10.2. The van der Waals surface area contributed by atoms with Crippen LogP contribution in [0, 0.1) is 0 Å². The van der Waals surface area contributed by atoms with E-state index in [1.165, 1.54) is 0 Å². The molecule has 1 aliphatic heterocycles. The molecular formula is C11H22N2O3. The van der Waals surface area contributed by atoms with Gasteiger partial charge >= 0.3 is 6.09 Å². The molecule has 5 heteroatoms. The summed E-state index contributed by atoms with van der Waals surface area (Å²) < 4.78 is 10.8. The molecule has 1 amide bonds. The van der Waals surface area contributed by atoms with E-state index in [-0.39, 0.29) is 12.2 Å². The fraction of sp³-hybridized carbons (Fsp3) is 0.909. The Morgan fingerprint density at radius 2 is 2.25 bits per heavy atom. The van der Waals surface area contributed by atoms with Crippen LogP contribution in [0.25, 0.3) is 0 Å². The monoisotopic (exact) mass is 230 g/mol. The topological polar surface area (TPSA) is 64.8 Å². The van der Waals surface area contributed by atoms with Gasteiger partial charge in [0.05, 0.1) is 12.6 Å². The Morgan fingerprint density at radius 3 is 2.81 bits per heavy atom. The second kappa shape index (κ2) is 5.50. The molecule has 16 heavy (non-hydrogen) atoms. The highest BCUT2D eigenvalue weighted by molar-refractivity contribution is 5.68.